The number of benzene rings is 3. The first-order chi connectivity index (χ1) is 16.6. The van der Waals surface area contributed by atoms with Crippen LogP contribution in [0.4, 0.5) is 5.69 Å². The Morgan fingerprint density at radius 1 is 1.03 bits per heavy atom. The number of fused-ring (bicyclic) bond motifs is 1. The van der Waals surface area contributed by atoms with Gasteiger partial charge in [-0.2, -0.15) is 0 Å². The number of allylic oxidation sites excluding steroid dienone is 1. The third kappa shape index (κ3) is 6.19. The highest BCUT2D eigenvalue weighted by molar-refractivity contribution is 7.95. The molecule has 180 valence electrons. The fourth-order valence-corrected chi connectivity index (χ4v) is 4.89. The van der Waals surface area contributed by atoms with Crippen molar-refractivity contribution in [1.82, 2.24) is 5.32 Å². The van der Waals surface area contributed by atoms with Gasteiger partial charge in [-0.3, -0.25) is 9.52 Å². The number of nitrogens with one attached hydrogen (secondary N) is 2. The third-order valence-electron chi connectivity index (χ3n) is 5.63. The van der Waals surface area contributed by atoms with Crippen molar-refractivity contribution in [2.75, 3.05) is 11.8 Å². The van der Waals surface area contributed by atoms with E-state index in [1.54, 1.807) is 31.4 Å². The second-order valence-corrected chi connectivity index (χ2v) is 10.6. The van der Waals surface area contributed by atoms with Gasteiger partial charge in [-0.25, -0.2) is 8.42 Å². The van der Waals surface area contributed by atoms with Crippen molar-refractivity contribution in [3.8, 4) is 5.75 Å². The van der Waals surface area contributed by atoms with Crippen molar-refractivity contribution in [3.63, 3.8) is 0 Å². The Morgan fingerprint density at radius 2 is 1.80 bits per heavy atom. The molecule has 0 saturated carbocycles. The largest absolute Gasteiger partial charge is 0.497 e. The summed E-state index contributed by atoms with van der Waals surface area (Å²) in [6, 6.07) is 21.5. The summed E-state index contributed by atoms with van der Waals surface area (Å²) in [7, 11) is -2.14. The van der Waals surface area contributed by atoms with Crippen LogP contribution in [0.5, 0.6) is 5.75 Å². The van der Waals surface area contributed by atoms with E-state index in [-0.39, 0.29) is 11.3 Å². The van der Waals surface area contributed by atoms with Gasteiger partial charge in [0.05, 0.1) is 12.5 Å². The topological polar surface area (TPSA) is 84.5 Å². The molecule has 0 atom stereocenters. The van der Waals surface area contributed by atoms with E-state index in [1.165, 1.54) is 12.1 Å². The normalized spacial score (nSPS) is 15.9. The zero-order valence-corrected chi connectivity index (χ0v) is 20.7. The second-order valence-electron chi connectivity index (χ2n) is 9.07. The van der Waals surface area contributed by atoms with Crippen molar-refractivity contribution in [2.24, 2.45) is 0 Å². The van der Waals surface area contributed by atoms with E-state index in [9.17, 15) is 13.2 Å². The molecule has 6 nitrogen and oxygen atoms in total. The molecule has 1 aliphatic rings. The van der Waals surface area contributed by atoms with Gasteiger partial charge in [-0.05, 0) is 61.7 Å². The molecule has 3 aromatic carbocycles. The number of sulfonamides is 1. The van der Waals surface area contributed by atoms with E-state index in [0.29, 0.717) is 22.7 Å². The molecular weight excluding hydrogens is 460 g/mol. The fraction of sp³-hybridized carbons (Fsp3) is 0.179. The Hall–Kier alpha value is -3.84. The summed E-state index contributed by atoms with van der Waals surface area (Å²) in [5, 5.41) is 4.56. The maximum absolute atomic E-state index is 13.2. The average molecular weight is 489 g/mol. The first kappa shape index (κ1) is 24.3. The first-order valence-corrected chi connectivity index (χ1v) is 12.8. The van der Waals surface area contributed by atoms with E-state index >= 15 is 0 Å². The quantitative estimate of drug-likeness (QED) is 0.350. The smallest absolute Gasteiger partial charge is 0.255 e. The molecule has 0 aliphatic carbocycles. The Bertz CT molecular complexity index is 1410. The van der Waals surface area contributed by atoms with Crippen molar-refractivity contribution < 1.29 is 17.9 Å². The monoisotopic (exact) mass is 488 g/mol. The lowest BCUT2D eigenvalue weighted by Gasteiger charge is -2.35. The molecule has 0 bridgehead atoms. The maximum atomic E-state index is 13.2. The lowest BCUT2D eigenvalue weighted by Crippen LogP contribution is -2.43. The van der Waals surface area contributed by atoms with Crippen LogP contribution in [0.1, 0.15) is 40.9 Å². The van der Waals surface area contributed by atoms with Crippen LogP contribution in [0, 0.1) is 0 Å². The Kier molecular flexibility index (Phi) is 6.80. The van der Waals surface area contributed by atoms with Gasteiger partial charge in [0, 0.05) is 34.1 Å². The van der Waals surface area contributed by atoms with Crippen LogP contribution in [0.3, 0.4) is 0 Å². The molecule has 0 saturated heterocycles. The van der Waals surface area contributed by atoms with Gasteiger partial charge in [-0.1, -0.05) is 48.5 Å². The SMILES string of the molecule is COc1ccc2c(c1)C(=CC(=O)c1cccc(NS(=O)(=O)C=Cc3ccccc3)c1)NC(C)(C)C2. The second kappa shape index (κ2) is 9.80. The minimum atomic E-state index is -3.75. The highest BCUT2D eigenvalue weighted by atomic mass is 32.2. The van der Waals surface area contributed by atoms with E-state index in [1.807, 2.05) is 48.5 Å². The van der Waals surface area contributed by atoms with Crippen LogP contribution >= 0.6 is 0 Å². The highest BCUT2D eigenvalue weighted by Gasteiger charge is 2.28. The molecule has 4 rings (SSSR count). The molecule has 7 heteroatoms. The van der Waals surface area contributed by atoms with Gasteiger partial charge >= 0.3 is 0 Å². The van der Waals surface area contributed by atoms with Gasteiger partial charge in [0.15, 0.2) is 5.78 Å². The average Bonchev–Trinajstić information content (AvgIpc) is 2.82. The summed E-state index contributed by atoms with van der Waals surface area (Å²) in [6.45, 7) is 4.16. The molecule has 0 unspecified atom stereocenters. The molecular formula is C28H28N2O4S. The number of hydrogen-bond acceptors (Lipinski definition) is 5. The molecule has 2 N–H and O–H groups in total. The number of ketones is 1. The predicted molar refractivity (Wildman–Crippen MR) is 141 cm³/mol. The minimum absolute atomic E-state index is 0.226. The Morgan fingerprint density at radius 3 is 2.54 bits per heavy atom. The van der Waals surface area contributed by atoms with E-state index in [0.717, 1.165) is 28.5 Å². The third-order valence-corrected chi connectivity index (χ3v) is 6.65. The molecule has 0 radical (unpaired) electrons. The molecule has 0 amide bonds. The maximum Gasteiger partial charge on any atom is 0.255 e. The van der Waals surface area contributed by atoms with Gasteiger partial charge in [-0.15, -0.1) is 0 Å². The van der Waals surface area contributed by atoms with Crippen molar-refractivity contribution in [2.45, 2.75) is 25.8 Å². The van der Waals surface area contributed by atoms with Crippen molar-refractivity contribution in [3.05, 3.63) is 107 Å². The number of methoxy groups -OCH3 is 1. The lowest BCUT2D eigenvalue weighted by atomic mass is 9.85. The van der Waals surface area contributed by atoms with Crippen LogP contribution in [-0.2, 0) is 16.4 Å². The number of ether oxygens (including phenoxy) is 1. The molecule has 0 spiro atoms. The minimum Gasteiger partial charge on any atom is -0.497 e. The van der Waals surface area contributed by atoms with Gasteiger partial charge in [0.2, 0.25) is 0 Å². The Labute approximate surface area is 206 Å². The van der Waals surface area contributed by atoms with Gasteiger partial charge < -0.3 is 10.1 Å². The van der Waals surface area contributed by atoms with Gasteiger partial charge in [0.1, 0.15) is 5.75 Å². The van der Waals surface area contributed by atoms with E-state index < -0.39 is 10.0 Å². The zero-order valence-electron chi connectivity index (χ0n) is 19.9. The lowest BCUT2D eigenvalue weighted by molar-refractivity contribution is 0.104. The number of carbonyl (C=O) groups excluding carboxylic acids is 1. The number of carbonyl (C=O) groups is 1. The molecule has 1 heterocycles. The van der Waals surface area contributed by atoms with Crippen LogP contribution < -0.4 is 14.8 Å². The first-order valence-electron chi connectivity index (χ1n) is 11.2. The number of rotatable bonds is 7. The molecule has 35 heavy (non-hydrogen) atoms. The summed E-state index contributed by atoms with van der Waals surface area (Å²) in [5.74, 6) is 0.475. The van der Waals surface area contributed by atoms with E-state index in [2.05, 4.69) is 23.9 Å². The Balaban J connectivity index is 1.58. The number of anilines is 1. The van der Waals surface area contributed by atoms with Crippen molar-refractivity contribution in [1.29, 1.82) is 0 Å². The summed E-state index contributed by atoms with van der Waals surface area (Å²) in [4.78, 5) is 13.2. The predicted octanol–water partition coefficient (Wildman–Crippen LogP) is 5.26. The highest BCUT2D eigenvalue weighted by Crippen LogP contribution is 2.32. The summed E-state index contributed by atoms with van der Waals surface area (Å²) in [5.41, 5.74) is 3.98. The van der Waals surface area contributed by atoms with E-state index in [4.69, 9.17) is 4.74 Å². The summed E-state index contributed by atoms with van der Waals surface area (Å²) < 4.78 is 32.9. The summed E-state index contributed by atoms with van der Waals surface area (Å²) in [6.07, 6.45) is 3.89. The number of hydrogen-bond donors (Lipinski definition) is 2. The molecule has 0 aromatic heterocycles. The zero-order chi connectivity index (χ0) is 25.1. The van der Waals surface area contributed by atoms with Crippen LogP contribution in [0.25, 0.3) is 11.8 Å². The van der Waals surface area contributed by atoms with Crippen LogP contribution in [-0.4, -0.2) is 26.8 Å². The molecule has 0 fully saturated rings. The van der Waals surface area contributed by atoms with Crippen LogP contribution in [0.2, 0.25) is 0 Å². The standard InChI is InChI=1S/C28H28N2O4S/c1-28(2)19-22-12-13-24(34-3)17-25(22)26(29-28)18-27(31)21-10-7-11-23(16-21)30-35(32,33)15-14-20-8-5-4-6-9-20/h4-18,29-30H,19H2,1-3H3. The van der Waals surface area contributed by atoms with Crippen LogP contribution in [0.15, 0.2) is 84.3 Å². The van der Waals surface area contributed by atoms with Crippen molar-refractivity contribution >= 4 is 33.3 Å². The molecule has 3 aromatic rings. The molecule has 1 aliphatic heterocycles. The van der Waals surface area contributed by atoms with Gasteiger partial charge in [0.25, 0.3) is 10.0 Å². The fourth-order valence-electron chi connectivity index (χ4n) is 4.03. The summed E-state index contributed by atoms with van der Waals surface area (Å²) >= 11 is 0.